The van der Waals surface area contributed by atoms with E-state index in [-0.39, 0.29) is 17.9 Å². The molecule has 35 heavy (non-hydrogen) atoms. The van der Waals surface area contributed by atoms with Crippen LogP contribution in [0, 0.1) is 0 Å². The predicted octanol–water partition coefficient (Wildman–Crippen LogP) is 8.64. The first-order valence-electron chi connectivity index (χ1n) is 14.0. The molecule has 0 radical (unpaired) electrons. The van der Waals surface area contributed by atoms with Gasteiger partial charge in [-0.15, -0.1) is 23.2 Å². The molecule has 0 N–H and O–H groups in total. The number of hydrogen-bond acceptors (Lipinski definition) is 2. The lowest BCUT2D eigenvalue weighted by Crippen LogP contribution is -2.40. The summed E-state index contributed by atoms with van der Waals surface area (Å²) in [6.07, 6.45) is 18.3. The third-order valence-corrected chi connectivity index (χ3v) is 14.2. The van der Waals surface area contributed by atoms with Crippen molar-refractivity contribution in [3.8, 4) is 0 Å². The summed E-state index contributed by atoms with van der Waals surface area (Å²) in [6.45, 7) is 2.10. The van der Waals surface area contributed by atoms with E-state index in [9.17, 15) is 0 Å². The third kappa shape index (κ3) is 5.32. The second-order valence-electron chi connectivity index (χ2n) is 11.3. The van der Waals surface area contributed by atoms with Crippen LogP contribution in [0.25, 0.3) is 6.08 Å². The lowest BCUT2D eigenvalue weighted by atomic mass is 9.86. The number of alkyl halides is 2. The Morgan fingerprint density at radius 1 is 0.829 bits per heavy atom. The molecule has 4 fully saturated rings. The summed E-state index contributed by atoms with van der Waals surface area (Å²) in [5, 5.41) is 0.0180. The zero-order valence-electron chi connectivity index (χ0n) is 21.7. The summed E-state index contributed by atoms with van der Waals surface area (Å²) in [7, 11) is 4.10. The SMILES string of the molecule is CN1CCN(C)C1=C1C(=Cc2ccccc2)C(Cl)(P(C2CCCCC2)C2CCCCC2)CCC1Cl. The first-order valence-corrected chi connectivity index (χ1v) is 16.3. The fourth-order valence-corrected chi connectivity index (χ4v) is 13.1. The minimum absolute atomic E-state index is 0.0180. The maximum Gasteiger partial charge on any atom is 0.109 e. The number of allylic oxidation sites excluding steroid dienone is 2. The average Bonchev–Trinajstić information content (AvgIpc) is 3.21. The van der Waals surface area contributed by atoms with Crippen molar-refractivity contribution < 1.29 is 0 Å². The lowest BCUT2D eigenvalue weighted by Gasteiger charge is -2.52. The number of nitrogens with zero attached hydrogens (tertiary/aromatic N) is 2. The van der Waals surface area contributed by atoms with Gasteiger partial charge in [0.25, 0.3) is 0 Å². The minimum Gasteiger partial charge on any atom is -0.359 e. The Bertz CT molecular complexity index is 890. The highest BCUT2D eigenvalue weighted by Gasteiger charge is 2.52. The summed E-state index contributed by atoms with van der Waals surface area (Å²) in [5.74, 6) is 1.30. The summed E-state index contributed by atoms with van der Waals surface area (Å²) in [6, 6.07) is 10.9. The Balaban J connectivity index is 1.68. The molecule has 1 aromatic rings. The Labute approximate surface area is 224 Å². The molecule has 1 saturated heterocycles. The van der Waals surface area contributed by atoms with Crippen LogP contribution in [0.15, 0.2) is 47.3 Å². The normalized spacial score (nSPS) is 30.7. The van der Waals surface area contributed by atoms with Crippen LogP contribution in [0.5, 0.6) is 0 Å². The van der Waals surface area contributed by atoms with Crippen molar-refractivity contribution in [2.45, 2.75) is 98.4 Å². The van der Waals surface area contributed by atoms with Crippen molar-refractivity contribution in [1.82, 2.24) is 9.80 Å². The van der Waals surface area contributed by atoms with Crippen molar-refractivity contribution >= 4 is 37.2 Å². The molecular weight excluding hydrogens is 490 g/mol. The van der Waals surface area contributed by atoms with Crippen LogP contribution in [0.2, 0.25) is 0 Å². The van der Waals surface area contributed by atoms with E-state index in [1.165, 1.54) is 86.7 Å². The van der Waals surface area contributed by atoms with Gasteiger partial charge in [-0.05, 0) is 67.1 Å². The number of hydrogen-bond donors (Lipinski definition) is 0. The molecule has 2 nitrogen and oxygen atoms in total. The van der Waals surface area contributed by atoms with Gasteiger partial charge in [-0.25, -0.2) is 0 Å². The molecule has 0 amide bonds. The number of halogens is 2. The summed E-state index contributed by atoms with van der Waals surface area (Å²) in [5.41, 5.74) is 5.53. The van der Waals surface area contributed by atoms with Gasteiger partial charge in [0.15, 0.2) is 0 Å². The van der Waals surface area contributed by atoms with Gasteiger partial charge in [-0.1, -0.05) is 76.8 Å². The predicted molar refractivity (Wildman–Crippen MR) is 155 cm³/mol. The first-order chi connectivity index (χ1) is 17.0. The lowest BCUT2D eigenvalue weighted by molar-refractivity contribution is 0.407. The van der Waals surface area contributed by atoms with E-state index in [2.05, 4.69) is 60.3 Å². The smallest absolute Gasteiger partial charge is 0.109 e. The van der Waals surface area contributed by atoms with Gasteiger partial charge < -0.3 is 9.80 Å². The van der Waals surface area contributed by atoms with Crippen LogP contribution in [-0.4, -0.2) is 58.3 Å². The van der Waals surface area contributed by atoms with E-state index in [0.717, 1.165) is 37.2 Å². The molecule has 0 bridgehead atoms. The van der Waals surface area contributed by atoms with Crippen LogP contribution < -0.4 is 0 Å². The van der Waals surface area contributed by atoms with Gasteiger partial charge in [0, 0.05) is 32.8 Å². The molecule has 192 valence electrons. The summed E-state index contributed by atoms with van der Waals surface area (Å²) < 4.78 is -0.285. The van der Waals surface area contributed by atoms with E-state index in [1.54, 1.807) is 0 Å². The third-order valence-electron chi connectivity index (χ3n) is 8.94. The van der Waals surface area contributed by atoms with E-state index >= 15 is 0 Å². The van der Waals surface area contributed by atoms with Gasteiger partial charge >= 0.3 is 0 Å². The van der Waals surface area contributed by atoms with Crippen molar-refractivity contribution in [1.29, 1.82) is 0 Å². The van der Waals surface area contributed by atoms with Gasteiger partial charge in [-0.3, -0.25) is 0 Å². The van der Waals surface area contributed by atoms with E-state index in [0.29, 0.717) is 0 Å². The molecule has 2 atom stereocenters. The molecule has 5 rings (SSSR count). The van der Waals surface area contributed by atoms with Crippen LogP contribution in [-0.2, 0) is 0 Å². The molecular formula is C30H43Cl2N2P. The molecule has 5 heteroatoms. The minimum atomic E-state index is -0.354. The topological polar surface area (TPSA) is 6.48 Å². The Hall–Kier alpha value is -0.690. The zero-order chi connectivity index (χ0) is 24.4. The number of benzene rings is 1. The zero-order valence-corrected chi connectivity index (χ0v) is 24.1. The molecule has 0 aromatic heterocycles. The second kappa shape index (κ2) is 11.4. The molecule has 4 aliphatic rings. The van der Waals surface area contributed by atoms with Gasteiger partial charge in [0.2, 0.25) is 0 Å². The van der Waals surface area contributed by atoms with Gasteiger partial charge in [0.1, 0.15) is 5.82 Å². The van der Waals surface area contributed by atoms with Gasteiger partial charge in [0.05, 0.1) is 9.99 Å². The Morgan fingerprint density at radius 3 is 1.91 bits per heavy atom. The molecule has 1 aliphatic heterocycles. The molecule has 1 heterocycles. The van der Waals surface area contributed by atoms with E-state index < -0.39 is 0 Å². The van der Waals surface area contributed by atoms with E-state index in [4.69, 9.17) is 23.2 Å². The largest absolute Gasteiger partial charge is 0.359 e. The highest BCUT2D eigenvalue weighted by atomic mass is 35.5. The molecule has 2 unspecified atom stereocenters. The maximum absolute atomic E-state index is 8.19. The number of rotatable bonds is 4. The first kappa shape index (κ1) is 25.9. The van der Waals surface area contributed by atoms with E-state index in [1.807, 2.05) is 0 Å². The molecule has 3 aliphatic carbocycles. The summed E-state index contributed by atoms with van der Waals surface area (Å²) >= 11 is 15.4. The van der Waals surface area contributed by atoms with Crippen molar-refractivity contribution in [2.24, 2.45) is 0 Å². The fourth-order valence-electron chi connectivity index (χ4n) is 7.21. The van der Waals surface area contributed by atoms with Crippen molar-refractivity contribution in [2.75, 3.05) is 27.2 Å². The van der Waals surface area contributed by atoms with Crippen LogP contribution >= 0.6 is 31.1 Å². The highest BCUT2D eigenvalue weighted by Crippen LogP contribution is 2.71. The van der Waals surface area contributed by atoms with Crippen molar-refractivity contribution in [3.05, 3.63) is 52.9 Å². The second-order valence-corrected chi connectivity index (χ2v) is 15.8. The Morgan fingerprint density at radius 2 is 1.37 bits per heavy atom. The van der Waals surface area contributed by atoms with Crippen LogP contribution in [0.3, 0.4) is 0 Å². The molecule has 1 aromatic carbocycles. The number of likely N-dealkylation sites (N-methyl/N-ethyl adjacent to an activating group) is 2. The summed E-state index contributed by atoms with van der Waals surface area (Å²) in [4.78, 5) is 4.82. The monoisotopic (exact) mass is 532 g/mol. The highest BCUT2D eigenvalue weighted by molar-refractivity contribution is 7.63. The molecule has 0 spiro atoms. The fraction of sp³-hybridized carbons (Fsp3) is 0.667. The quantitative estimate of drug-likeness (QED) is 0.282. The van der Waals surface area contributed by atoms with Gasteiger partial charge in [-0.2, -0.15) is 0 Å². The molecule has 3 saturated carbocycles. The maximum atomic E-state index is 8.19. The standard InChI is InChI=1S/C30H43Cl2N2P/c1-33-20-21-34(2)29(33)28-26(22-23-12-6-3-7-13-23)30(32,19-18-27(28)31)35(24-14-8-4-9-15-24)25-16-10-5-11-17-25/h3,6-7,12-13,22,24-25,27H,4-5,8-11,14-21H2,1-2H3. The Kier molecular flexibility index (Phi) is 8.42. The van der Waals surface area contributed by atoms with Crippen LogP contribution in [0.1, 0.15) is 82.6 Å². The van der Waals surface area contributed by atoms with Crippen molar-refractivity contribution in [3.63, 3.8) is 0 Å². The van der Waals surface area contributed by atoms with Crippen LogP contribution in [0.4, 0.5) is 0 Å². The average molecular weight is 534 g/mol.